The number of rotatable bonds is 6. The van der Waals surface area contributed by atoms with Crippen LogP contribution in [-0.2, 0) is 16.1 Å². The van der Waals surface area contributed by atoms with E-state index in [1.54, 1.807) is 12.4 Å². The van der Waals surface area contributed by atoms with E-state index >= 15 is 0 Å². The Kier molecular flexibility index (Phi) is 6.00. The van der Waals surface area contributed by atoms with Crippen LogP contribution in [0.2, 0.25) is 0 Å². The van der Waals surface area contributed by atoms with Crippen molar-refractivity contribution in [1.29, 1.82) is 0 Å². The fraction of sp³-hybridized carbons (Fsp3) is 0.667. The first-order chi connectivity index (χ1) is 11.3. The van der Waals surface area contributed by atoms with Gasteiger partial charge in [0.15, 0.2) is 0 Å². The Bertz CT molecular complexity index is 480. The van der Waals surface area contributed by atoms with Crippen molar-refractivity contribution in [2.75, 3.05) is 19.6 Å². The number of nitrogens with one attached hydrogen (secondary N) is 1. The fourth-order valence-electron chi connectivity index (χ4n) is 3.46. The van der Waals surface area contributed by atoms with Gasteiger partial charge in [0, 0.05) is 32.0 Å². The SMILES string of the molecule is O=C(CN1CCC(OC2CCCC2)CC1)NCc1cccnc1. The summed E-state index contributed by atoms with van der Waals surface area (Å²) >= 11 is 0. The summed E-state index contributed by atoms with van der Waals surface area (Å²) in [7, 11) is 0. The molecule has 1 saturated heterocycles. The lowest BCUT2D eigenvalue weighted by atomic mass is 10.1. The smallest absolute Gasteiger partial charge is 0.234 e. The first-order valence-electron chi connectivity index (χ1n) is 8.83. The maximum atomic E-state index is 12.0. The number of carbonyl (C=O) groups is 1. The third-order valence-corrected chi connectivity index (χ3v) is 4.80. The lowest BCUT2D eigenvalue weighted by Crippen LogP contribution is -2.43. The van der Waals surface area contributed by atoms with E-state index in [1.165, 1.54) is 25.7 Å². The third kappa shape index (κ3) is 5.29. The van der Waals surface area contributed by atoms with Crippen molar-refractivity contribution in [2.24, 2.45) is 0 Å². The van der Waals surface area contributed by atoms with Crippen LogP contribution in [0.25, 0.3) is 0 Å². The normalized spacial score (nSPS) is 20.7. The molecule has 5 heteroatoms. The molecule has 2 heterocycles. The molecule has 1 aliphatic carbocycles. The van der Waals surface area contributed by atoms with Crippen molar-refractivity contribution in [1.82, 2.24) is 15.2 Å². The zero-order valence-corrected chi connectivity index (χ0v) is 13.7. The molecule has 2 aliphatic rings. The topological polar surface area (TPSA) is 54.5 Å². The van der Waals surface area contributed by atoms with Crippen LogP contribution >= 0.6 is 0 Å². The average molecular weight is 317 g/mol. The van der Waals surface area contributed by atoms with Gasteiger partial charge in [-0.15, -0.1) is 0 Å². The zero-order chi connectivity index (χ0) is 15.9. The van der Waals surface area contributed by atoms with Gasteiger partial charge in [0.25, 0.3) is 0 Å². The van der Waals surface area contributed by atoms with Gasteiger partial charge in [0.05, 0.1) is 18.8 Å². The second-order valence-electron chi connectivity index (χ2n) is 6.66. The summed E-state index contributed by atoms with van der Waals surface area (Å²) in [5.74, 6) is 0.0871. The number of piperidine rings is 1. The van der Waals surface area contributed by atoms with Gasteiger partial charge >= 0.3 is 0 Å². The Morgan fingerprint density at radius 2 is 1.96 bits per heavy atom. The molecule has 1 N–H and O–H groups in total. The number of pyridine rings is 1. The number of amides is 1. The van der Waals surface area contributed by atoms with Crippen molar-refractivity contribution in [2.45, 2.75) is 57.3 Å². The molecular formula is C18H27N3O2. The molecule has 2 fully saturated rings. The minimum absolute atomic E-state index is 0.0871. The summed E-state index contributed by atoms with van der Waals surface area (Å²) in [6.07, 6.45) is 11.6. The molecule has 1 aromatic rings. The highest BCUT2D eigenvalue weighted by molar-refractivity contribution is 5.78. The summed E-state index contributed by atoms with van der Waals surface area (Å²) in [6.45, 7) is 2.94. The largest absolute Gasteiger partial charge is 0.375 e. The lowest BCUT2D eigenvalue weighted by molar-refractivity contribution is -0.123. The molecule has 0 unspecified atom stereocenters. The lowest BCUT2D eigenvalue weighted by Gasteiger charge is -2.32. The van der Waals surface area contributed by atoms with Crippen molar-refractivity contribution in [3.05, 3.63) is 30.1 Å². The molecule has 1 aliphatic heterocycles. The zero-order valence-electron chi connectivity index (χ0n) is 13.7. The standard InChI is InChI=1S/C18H27N3O2/c22-18(20-13-15-4-3-9-19-12-15)14-21-10-7-17(8-11-21)23-16-5-1-2-6-16/h3-4,9,12,16-17H,1-2,5-8,10-11,13-14H2,(H,20,22). The number of likely N-dealkylation sites (tertiary alicyclic amines) is 1. The first-order valence-corrected chi connectivity index (χ1v) is 8.83. The molecule has 1 amide bonds. The van der Waals surface area contributed by atoms with Crippen LogP contribution in [0.1, 0.15) is 44.1 Å². The van der Waals surface area contributed by atoms with Crippen molar-refractivity contribution in [3.63, 3.8) is 0 Å². The number of hydrogen-bond acceptors (Lipinski definition) is 4. The number of ether oxygens (including phenoxy) is 1. The molecule has 0 radical (unpaired) electrons. The summed E-state index contributed by atoms with van der Waals surface area (Å²) < 4.78 is 6.18. The summed E-state index contributed by atoms with van der Waals surface area (Å²) in [6, 6.07) is 3.86. The van der Waals surface area contributed by atoms with Crippen LogP contribution in [0, 0.1) is 0 Å². The van der Waals surface area contributed by atoms with Crippen LogP contribution in [0.15, 0.2) is 24.5 Å². The molecule has 1 saturated carbocycles. The molecule has 0 bridgehead atoms. The molecule has 5 nitrogen and oxygen atoms in total. The molecule has 0 atom stereocenters. The number of carbonyl (C=O) groups excluding carboxylic acids is 1. The Morgan fingerprint density at radius 3 is 2.65 bits per heavy atom. The van der Waals surface area contributed by atoms with E-state index in [4.69, 9.17) is 4.74 Å². The second-order valence-corrected chi connectivity index (χ2v) is 6.66. The first kappa shape index (κ1) is 16.4. The second kappa shape index (κ2) is 8.41. The summed E-state index contributed by atoms with van der Waals surface area (Å²) in [5, 5.41) is 2.96. The number of aromatic nitrogens is 1. The van der Waals surface area contributed by atoms with E-state index in [0.717, 1.165) is 31.5 Å². The monoisotopic (exact) mass is 317 g/mol. The minimum atomic E-state index is 0.0871. The van der Waals surface area contributed by atoms with Gasteiger partial charge in [-0.05, 0) is 37.3 Å². The highest BCUT2D eigenvalue weighted by Crippen LogP contribution is 2.25. The van der Waals surface area contributed by atoms with Gasteiger partial charge in [0.1, 0.15) is 0 Å². The van der Waals surface area contributed by atoms with Gasteiger partial charge in [0.2, 0.25) is 5.91 Å². The van der Waals surface area contributed by atoms with E-state index in [-0.39, 0.29) is 5.91 Å². The van der Waals surface area contributed by atoms with Gasteiger partial charge < -0.3 is 10.1 Å². The average Bonchev–Trinajstić information content (AvgIpc) is 3.09. The van der Waals surface area contributed by atoms with E-state index in [1.807, 2.05) is 12.1 Å². The summed E-state index contributed by atoms with van der Waals surface area (Å²) in [4.78, 5) is 18.3. The Hall–Kier alpha value is -1.46. The molecule has 3 rings (SSSR count). The van der Waals surface area contributed by atoms with Gasteiger partial charge in [-0.1, -0.05) is 18.9 Å². The Balaban J connectivity index is 1.32. The molecule has 126 valence electrons. The van der Waals surface area contributed by atoms with Crippen molar-refractivity contribution >= 4 is 5.91 Å². The van der Waals surface area contributed by atoms with Gasteiger partial charge in [-0.2, -0.15) is 0 Å². The number of hydrogen-bond donors (Lipinski definition) is 1. The molecule has 1 aromatic heterocycles. The fourth-order valence-corrected chi connectivity index (χ4v) is 3.46. The number of nitrogens with zero attached hydrogens (tertiary/aromatic N) is 2. The van der Waals surface area contributed by atoms with E-state index in [0.29, 0.717) is 25.3 Å². The van der Waals surface area contributed by atoms with Crippen molar-refractivity contribution < 1.29 is 9.53 Å². The highest BCUT2D eigenvalue weighted by atomic mass is 16.5. The highest BCUT2D eigenvalue weighted by Gasteiger charge is 2.25. The van der Waals surface area contributed by atoms with Gasteiger partial charge in [-0.25, -0.2) is 0 Å². The predicted molar refractivity (Wildman–Crippen MR) is 88.9 cm³/mol. The van der Waals surface area contributed by atoms with Crippen molar-refractivity contribution in [3.8, 4) is 0 Å². The van der Waals surface area contributed by atoms with E-state index in [9.17, 15) is 4.79 Å². The molecule has 0 spiro atoms. The Labute approximate surface area is 138 Å². The summed E-state index contributed by atoms with van der Waals surface area (Å²) in [5.41, 5.74) is 1.03. The van der Waals surface area contributed by atoms with E-state index in [2.05, 4.69) is 15.2 Å². The minimum Gasteiger partial charge on any atom is -0.375 e. The maximum Gasteiger partial charge on any atom is 0.234 e. The van der Waals surface area contributed by atoms with Crippen LogP contribution in [-0.4, -0.2) is 47.6 Å². The van der Waals surface area contributed by atoms with Gasteiger partial charge in [-0.3, -0.25) is 14.7 Å². The third-order valence-electron chi connectivity index (χ3n) is 4.80. The van der Waals surface area contributed by atoms with Crippen LogP contribution < -0.4 is 5.32 Å². The quantitative estimate of drug-likeness (QED) is 0.873. The van der Waals surface area contributed by atoms with E-state index < -0.39 is 0 Å². The molecule has 23 heavy (non-hydrogen) atoms. The molecular weight excluding hydrogens is 290 g/mol. The molecule has 0 aromatic carbocycles. The Morgan fingerprint density at radius 1 is 1.22 bits per heavy atom. The maximum absolute atomic E-state index is 12.0. The van der Waals surface area contributed by atoms with Crippen LogP contribution in [0.3, 0.4) is 0 Å². The predicted octanol–water partition coefficient (Wildman–Crippen LogP) is 2.12. The van der Waals surface area contributed by atoms with Crippen LogP contribution in [0.4, 0.5) is 0 Å². The van der Waals surface area contributed by atoms with Crippen LogP contribution in [0.5, 0.6) is 0 Å².